The summed E-state index contributed by atoms with van der Waals surface area (Å²) in [5, 5.41) is 11.0. The van der Waals surface area contributed by atoms with Crippen molar-refractivity contribution in [2.45, 2.75) is 11.3 Å². The summed E-state index contributed by atoms with van der Waals surface area (Å²) in [6, 6.07) is 10.5. The molecule has 8 nitrogen and oxygen atoms in total. The first-order valence-electron chi connectivity index (χ1n) is 8.07. The van der Waals surface area contributed by atoms with Crippen LogP contribution in [0.25, 0.3) is 0 Å². The van der Waals surface area contributed by atoms with E-state index in [1.54, 1.807) is 0 Å². The number of anilines is 1. The summed E-state index contributed by atoms with van der Waals surface area (Å²) in [6.45, 7) is 0.224. The normalized spacial score (nSPS) is 17.3. The van der Waals surface area contributed by atoms with Crippen LogP contribution >= 0.6 is 0 Å². The largest absolute Gasteiger partial charge is 0.312 e. The number of halogens is 1. The summed E-state index contributed by atoms with van der Waals surface area (Å²) in [5.41, 5.74) is 0.0193. The molecule has 1 heterocycles. The van der Waals surface area contributed by atoms with Crippen LogP contribution in [0.1, 0.15) is 6.42 Å². The van der Waals surface area contributed by atoms with Gasteiger partial charge in [0.25, 0.3) is 5.69 Å². The second-order valence-corrected chi connectivity index (χ2v) is 7.86. The van der Waals surface area contributed by atoms with Crippen LogP contribution in [0.15, 0.2) is 53.4 Å². The van der Waals surface area contributed by atoms with Crippen LogP contribution < -0.4 is 9.62 Å². The molecule has 3 rings (SSSR count). The zero-order valence-electron chi connectivity index (χ0n) is 14.0. The molecular weight excluding hydrogens is 377 g/mol. The molecular formula is C17H16FN3O5S. The maximum atomic E-state index is 13.0. The number of nitro groups is 1. The Balaban J connectivity index is 1.69. The van der Waals surface area contributed by atoms with Gasteiger partial charge >= 0.3 is 0 Å². The molecule has 27 heavy (non-hydrogen) atoms. The molecule has 1 aliphatic rings. The molecule has 1 aliphatic heterocycles. The fourth-order valence-electron chi connectivity index (χ4n) is 2.93. The standard InChI is InChI=1S/C17H16FN3O5S/c18-13-5-7-14(8-6-13)20-11-12(9-17(20)22)10-19-27(25,26)16-4-2-1-3-15(16)21(23)24/h1-8,12,19H,9-11H2. The molecule has 1 unspecified atom stereocenters. The molecule has 1 N–H and O–H groups in total. The first-order chi connectivity index (χ1) is 12.8. The Labute approximate surface area is 154 Å². The Bertz CT molecular complexity index is 978. The fourth-order valence-corrected chi connectivity index (χ4v) is 4.22. The first kappa shape index (κ1) is 18.9. The topological polar surface area (TPSA) is 110 Å². The van der Waals surface area contributed by atoms with Gasteiger partial charge in [-0.2, -0.15) is 0 Å². The summed E-state index contributed by atoms with van der Waals surface area (Å²) in [7, 11) is -4.10. The molecule has 0 aliphatic carbocycles. The smallest absolute Gasteiger partial charge is 0.289 e. The van der Waals surface area contributed by atoms with Gasteiger partial charge < -0.3 is 4.90 Å². The van der Waals surface area contributed by atoms with Crippen molar-refractivity contribution in [3.63, 3.8) is 0 Å². The number of rotatable bonds is 6. The van der Waals surface area contributed by atoms with E-state index >= 15 is 0 Å². The minimum atomic E-state index is -4.10. The van der Waals surface area contributed by atoms with Gasteiger partial charge in [0.2, 0.25) is 15.9 Å². The molecule has 10 heteroatoms. The van der Waals surface area contributed by atoms with Crippen molar-refractivity contribution in [2.24, 2.45) is 5.92 Å². The minimum Gasteiger partial charge on any atom is -0.312 e. The van der Waals surface area contributed by atoms with Crippen molar-refractivity contribution in [1.29, 1.82) is 0 Å². The summed E-state index contributed by atoms with van der Waals surface area (Å²) in [5.74, 6) is -0.921. The summed E-state index contributed by atoms with van der Waals surface area (Å²) in [4.78, 5) is 23.5. The number of hydrogen-bond donors (Lipinski definition) is 1. The monoisotopic (exact) mass is 393 g/mol. The molecule has 1 amide bonds. The van der Waals surface area contributed by atoms with Crippen molar-refractivity contribution >= 4 is 27.3 Å². The number of nitrogens with one attached hydrogen (secondary N) is 1. The highest BCUT2D eigenvalue weighted by Gasteiger charge is 2.32. The number of benzene rings is 2. The Morgan fingerprint density at radius 3 is 2.52 bits per heavy atom. The van der Waals surface area contributed by atoms with Gasteiger partial charge in [-0.3, -0.25) is 14.9 Å². The molecule has 1 saturated heterocycles. The Morgan fingerprint density at radius 1 is 1.19 bits per heavy atom. The van der Waals surface area contributed by atoms with Crippen molar-refractivity contribution in [3.8, 4) is 0 Å². The molecule has 142 valence electrons. The van der Waals surface area contributed by atoms with E-state index in [9.17, 15) is 27.7 Å². The number of para-hydroxylation sites is 1. The van der Waals surface area contributed by atoms with E-state index in [0.29, 0.717) is 5.69 Å². The lowest BCUT2D eigenvalue weighted by atomic mass is 10.1. The van der Waals surface area contributed by atoms with Crippen LogP contribution in [0.2, 0.25) is 0 Å². The average Bonchev–Trinajstić information content (AvgIpc) is 3.01. The highest BCUT2D eigenvalue weighted by atomic mass is 32.2. The quantitative estimate of drug-likeness (QED) is 0.597. The molecule has 0 bridgehead atoms. The van der Waals surface area contributed by atoms with E-state index < -0.39 is 31.3 Å². The lowest BCUT2D eigenvalue weighted by Crippen LogP contribution is -2.31. The molecule has 0 spiro atoms. The van der Waals surface area contributed by atoms with Crippen molar-refractivity contribution in [2.75, 3.05) is 18.0 Å². The molecule has 0 aromatic heterocycles. The lowest BCUT2D eigenvalue weighted by Gasteiger charge is -2.17. The molecule has 2 aromatic carbocycles. The number of nitro benzene ring substituents is 1. The third-order valence-electron chi connectivity index (χ3n) is 4.26. The number of amides is 1. The van der Waals surface area contributed by atoms with Gasteiger partial charge in [-0.1, -0.05) is 12.1 Å². The number of sulfonamides is 1. The lowest BCUT2D eigenvalue weighted by molar-refractivity contribution is -0.387. The van der Waals surface area contributed by atoms with Gasteiger partial charge in [0, 0.05) is 31.3 Å². The number of nitrogens with zero attached hydrogens (tertiary/aromatic N) is 2. The van der Waals surface area contributed by atoms with Crippen LogP contribution in [0, 0.1) is 21.8 Å². The summed E-state index contributed by atoms with van der Waals surface area (Å²) >= 11 is 0. The van der Waals surface area contributed by atoms with Crippen LogP contribution in [0.5, 0.6) is 0 Å². The van der Waals surface area contributed by atoms with E-state index in [4.69, 9.17) is 0 Å². The Kier molecular flexibility index (Phi) is 5.19. The highest BCUT2D eigenvalue weighted by Crippen LogP contribution is 2.26. The number of hydrogen-bond acceptors (Lipinski definition) is 5. The van der Waals surface area contributed by atoms with E-state index in [1.165, 1.54) is 41.3 Å². The van der Waals surface area contributed by atoms with Crippen molar-refractivity contribution < 1.29 is 22.5 Å². The maximum absolute atomic E-state index is 13.0. The maximum Gasteiger partial charge on any atom is 0.289 e. The minimum absolute atomic E-state index is 0.0438. The second-order valence-electron chi connectivity index (χ2n) is 6.13. The summed E-state index contributed by atoms with van der Waals surface area (Å²) in [6.07, 6.45) is 0.122. The molecule has 0 radical (unpaired) electrons. The number of carbonyl (C=O) groups is 1. The Hall–Kier alpha value is -2.85. The Morgan fingerprint density at radius 2 is 1.85 bits per heavy atom. The third kappa shape index (κ3) is 4.12. The van der Waals surface area contributed by atoms with E-state index in [2.05, 4.69) is 4.72 Å². The van der Waals surface area contributed by atoms with Crippen LogP contribution in [0.3, 0.4) is 0 Å². The van der Waals surface area contributed by atoms with Crippen molar-refractivity contribution in [3.05, 3.63) is 64.5 Å². The third-order valence-corrected chi connectivity index (χ3v) is 5.73. The van der Waals surface area contributed by atoms with Gasteiger partial charge in [-0.05, 0) is 36.2 Å². The van der Waals surface area contributed by atoms with E-state index in [1.807, 2.05) is 0 Å². The van der Waals surface area contributed by atoms with Gasteiger partial charge in [-0.25, -0.2) is 17.5 Å². The van der Waals surface area contributed by atoms with E-state index in [0.717, 1.165) is 12.1 Å². The van der Waals surface area contributed by atoms with Crippen LogP contribution in [-0.2, 0) is 14.8 Å². The fraction of sp³-hybridized carbons (Fsp3) is 0.235. The average molecular weight is 393 g/mol. The zero-order valence-corrected chi connectivity index (χ0v) is 14.9. The highest BCUT2D eigenvalue weighted by molar-refractivity contribution is 7.89. The van der Waals surface area contributed by atoms with Gasteiger partial charge in [0.15, 0.2) is 4.90 Å². The van der Waals surface area contributed by atoms with E-state index in [-0.39, 0.29) is 31.3 Å². The van der Waals surface area contributed by atoms with Crippen LogP contribution in [0.4, 0.5) is 15.8 Å². The SMILES string of the molecule is O=C1CC(CNS(=O)(=O)c2ccccc2[N+](=O)[O-])CN1c1ccc(F)cc1. The van der Waals surface area contributed by atoms with Gasteiger partial charge in [0.1, 0.15) is 5.82 Å². The molecule has 2 aromatic rings. The second kappa shape index (κ2) is 7.41. The molecule has 0 saturated carbocycles. The van der Waals surface area contributed by atoms with Crippen LogP contribution in [-0.4, -0.2) is 32.3 Å². The zero-order chi connectivity index (χ0) is 19.6. The van der Waals surface area contributed by atoms with Crippen molar-refractivity contribution in [1.82, 2.24) is 4.72 Å². The van der Waals surface area contributed by atoms with Gasteiger partial charge in [0.05, 0.1) is 4.92 Å². The first-order valence-corrected chi connectivity index (χ1v) is 9.55. The van der Waals surface area contributed by atoms with Gasteiger partial charge in [-0.15, -0.1) is 0 Å². The molecule has 1 atom stereocenters. The number of carbonyl (C=O) groups excluding carboxylic acids is 1. The molecule has 1 fully saturated rings. The predicted molar refractivity (Wildman–Crippen MR) is 95.1 cm³/mol. The summed E-state index contributed by atoms with van der Waals surface area (Å²) < 4.78 is 40.2. The predicted octanol–water partition coefficient (Wildman–Crippen LogP) is 2.07.